The van der Waals surface area contributed by atoms with E-state index < -0.39 is 76.4 Å². The number of nitrogens with one attached hydrogen (secondary N) is 1. The lowest BCUT2D eigenvalue weighted by Gasteiger charge is -2.42. The Morgan fingerprint density at radius 2 is 1.83 bits per heavy atom. The van der Waals surface area contributed by atoms with Crippen molar-refractivity contribution >= 4 is 11.8 Å². The highest BCUT2D eigenvalue weighted by atomic mass is 19.1. The van der Waals surface area contributed by atoms with Crippen molar-refractivity contribution in [2.45, 2.75) is 50.6 Å². The van der Waals surface area contributed by atoms with E-state index in [0.29, 0.717) is 24.1 Å². The Balaban J connectivity index is 1.60. The second-order valence-electron chi connectivity index (χ2n) is 10.4. The number of carbonyl (C=O) groups excluding carboxylic acids is 2. The number of aromatic nitrogens is 1. The van der Waals surface area contributed by atoms with E-state index >= 15 is 0 Å². The Bertz CT molecular complexity index is 1540. The molecular formula is C29H28F3N3O6. The molecular weight excluding hydrogens is 543 g/mol. The highest BCUT2D eigenvalue weighted by Crippen LogP contribution is 2.40. The standard InChI is InChI=1S/C29H28F3N3O6/c1-16-7-8-29(40,15-36)23-13-34(16)28(39)24-26(41-14-17-5-3-2-4-6-17)25(37)20(12-35(23)24)27(38)33-11-19-21(31)9-18(30)10-22(19)32/h2-6,9-10,12,16,23,36,40H,7-8,11,13-15H2,1H3,(H,33,38)/t16-,23+,29+/m0/s1. The molecule has 3 aromatic rings. The molecule has 9 nitrogen and oxygen atoms in total. The third kappa shape index (κ3) is 5.20. The zero-order chi connectivity index (χ0) is 29.5. The Labute approximate surface area is 232 Å². The first-order valence-corrected chi connectivity index (χ1v) is 13.1. The van der Waals surface area contributed by atoms with Gasteiger partial charge in [-0.3, -0.25) is 14.4 Å². The molecule has 5 rings (SSSR count). The SMILES string of the molecule is C[C@H]1CC[C@@](O)(CO)[C@H]2CN1C(=O)c1c(OCc3ccccc3)c(=O)c(C(=O)NCc3c(F)cc(F)cc3F)cn12. The Kier molecular flexibility index (Phi) is 7.62. The van der Waals surface area contributed by atoms with E-state index in [1.165, 1.54) is 9.47 Å². The maximum Gasteiger partial charge on any atom is 0.274 e. The summed E-state index contributed by atoms with van der Waals surface area (Å²) in [6, 6.07) is 8.45. The smallest absolute Gasteiger partial charge is 0.274 e. The fourth-order valence-corrected chi connectivity index (χ4v) is 5.36. The molecule has 0 unspecified atom stereocenters. The number of aliphatic hydroxyl groups excluding tert-OH is 1. The van der Waals surface area contributed by atoms with Crippen LogP contribution in [0.25, 0.3) is 0 Å². The molecule has 2 amide bonds. The molecule has 41 heavy (non-hydrogen) atoms. The van der Waals surface area contributed by atoms with E-state index in [9.17, 15) is 37.8 Å². The molecule has 1 saturated heterocycles. The molecule has 1 fully saturated rings. The average Bonchev–Trinajstić information content (AvgIpc) is 3.06. The van der Waals surface area contributed by atoms with Crippen molar-refractivity contribution in [1.29, 1.82) is 0 Å². The van der Waals surface area contributed by atoms with Crippen molar-refractivity contribution in [2.75, 3.05) is 13.2 Å². The lowest BCUT2D eigenvalue weighted by Crippen LogP contribution is -2.53. The minimum Gasteiger partial charge on any atom is -0.483 e. The molecule has 0 radical (unpaired) electrons. The van der Waals surface area contributed by atoms with Crippen molar-refractivity contribution < 1.29 is 37.7 Å². The fourth-order valence-electron chi connectivity index (χ4n) is 5.36. The summed E-state index contributed by atoms with van der Waals surface area (Å²) in [4.78, 5) is 42.1. The molecule has 3 N–H and O–H groups in total. The number of halogens is 3. The number of nitrogens with zero attached hydrogens (tertiary/aromatic N) is 2. The van der Waals surface area contributed by atoms with Crippen LogP contribution in [0, 0.1) is 17.5 Å². The van der Waals surface area contributed by atoms with Crippen LogP contribution in [-0.4, -0.2) is 56.3 Å². The van der Waals surface area contributed by atoms with Crippen molar-refractivity contribution in [3.8, 4) is 5.75 Å². The number of ether oxygens (including phenoxy) is 1. The Hall–Kier alpha value is -4.16. The zero-order valence-corrected chi connectivity index (χ0v) is 22.1. The molecule has 3 heterocycles. The number of amides is 2. The quantitative estimate of drug-likeness (QED) is 0.401. The number of rotatable bonds is 7. The van der Waals surface area contributed by atoms with Crippen LogP contribution in [0.15, 0.2) is 53.5 Å². The maximum absolute atomic E-state index is 14.2. The number of pyridine rings is 1. The van der Waals surface area contributed by atoms with Gasteiger partial charge in [-0.15, -0.1) is 0 Å². The van der Waals surface area contributed by atoms with Crippen LogP contribution < -0.4 is 15.5 Å². The summed E-state index contributed by atoms with van der Waals surface area (Å²) in [6.45, 7) is 0.317. The van der Waals surface area contributed by atoms with Crippen LogP contribution in [-0.2, 0) is 13.2 Å². The minimum absolute atomic E-state index is 0.00187. The molecule has 0 saturated carbocycles. The van der Waals surface area contributed by atoms with Gasteiger partial charge >= 0.3 is 0 Å². The number of hydrogen-bond donors (Lipinski definition) is 3. The van der Waals surface area contributed by atoms with Crippen LogP contribution in [0.1, 0.15) is 57.8 Å². The molecule has 0 aliphatic carbocycles. The molecule has 0 spiro atoms. The second-order valence-corrected chi connectivity index (χ2v) is 10.4. The van der Waals surface area contributed by atoms with E-state index in [2.05, 4.69) is 5.32 Å². The highest BCUT2D eigenvalue weighted by molar-refractivity contribution is 5.99. The van der Waals surface area contributed by atoms with Crippen LogP contribution in [0.2, 0.25) is 0 Å². The fraction of sp³-hybridized carbons (Fsp3) is 0.345. The first kappa shape index (κ1) is 28.4. The summed E-state index contributed by atoms with van der Waals surface area (Å²) in [6.07, 6.45) is 1.60. The number of hydrogen-bond acceptors (Lipinski definition) is 6. The van der Waals surface area contributed by atoms with Gasteiger partial charge in [0, 0.05) is 43.0 Å². The van der Waals surface area contributed by atoms with E-state index in [4.69, 9.17) is 4.74 Å². The molecule has 2 aliphatic rings. The summed E-state index contributed by atoms with van der Waals surface area (Å²) in [7, 11) is 0. The van der Waals surface area contributed by atoms with Gasteiger partial charge in [-0.05, 0) is 25.3 Å². The molecule has 216 valence electrons. The van der Waals surface area contributed by atoms with Gasteiger partial charge in [0.2, 0.25) is 5.43 Å². The van der Waals surface area contributed by atoms with Crippen molar-refractivity contribution in [3.05, 3.63) is 98.7 Å². The molecule has 12 heteroatoms. The lowest BCUT2D eigenvalue weighted by atomic mass is 9.89. The summed E-state index contributed by atoms with van der Waals surface area (Å²) in [5.74, 6) is -5.59. The number of fused-ring (bicyclic) bond motifs is 4. The monoisotopic (exact) mass is 571 g/mol. The van der Waals surface area contributed by atoms with Gasteiger partial charge in [0.05, 0.1) is 12.6 Å². The number of aliphatic hydroxyl groups is 2. The third-order valence-electron chi connectivity index (χ3n) is 7.78. The van der Waals surface area contributed by atoms with Gasteiger partial charge in [-0.2, -0.15) is 0 Å². The van der Waals surface area contributed by atoms with Gasteiger partial charge in [-0.1, -0.05) is 30.3 Å². The van der Waals surface area contributed by atoms with Gasteiger partial charge < -0.3 is 29.7 Å². The Morgan fingerprint density at radius 1 is 1.15 bits per heavy atom. The molecule has 2 bridgehead atoms. The summed E-state index contributed by atoms with van der Waals surface area (Å²) >= 11 is 0. The van der Waals surface area contributed by atoms with E-state index in [0.717, 1.165) is 6.20 Å². The number of benzene rings is 2. The molecule has 1 aromatic heterocycles. The van der Waals surface area contributed by atoms with E-state index in [-0.39, 0.29) is 31.3 Å². The van der Waals surface area contributed by atoms with Gasteiger partial charge in [0.1, 0.15) is 35.2 Å². The van der Waals surface area contributed by atoms with Gasteiger partial charge in [0.25, 0.3) is 11.8 Å². The highest BCUT2D eigenvalue weighted by Gasteiger charge is 2.49. The first-order valence-electron chi connectivity index (χ1n) is 13.1. The van der Waals surface area contributed by atoms with E-state index in [1.54, 1.807) is 37.3 Å². The third-order valence-corrected chi connectivity index (χ3v) is 7.78. The molecule has 2 aromatic carbocycles. The number of carbonyl (C=O) groups is 2. The van der Waals surface area contributed by atoms with Gasteiger partial charge in [-0.25, -0.2) is 13.2 Å². The summed E-state index contributed by atoms with van der Waals surface area (Å²) in [5, 5.41) is 23.8. The summed E-state index contributed by atoms with van der Waals surface area (Å²) in [5.41, 5.74) is -3.29. The van der Waals surface area contributed by atoms with Crippen LogP contribution >= 0.6 is 0 Å². The molecule has 2 aliphatic heterocycles. The predicted molar refractivity (Wildman–Crippen MR) is 140 cm³/mol. The van der Waals surface area contributed by atoms with Crippen molar-refractivity contribution in [1.82, 2.24) is 14.8 Å². The molecule has 3 atom stereocenters. The Morgan fingerprint density at radius 3 is 2.49 bits per heavy atom. The topological polar surface area (TPSA) is 121 Å². The zero-order valence-electron chi connectivity index (χ0n) is 22.1. The van der Waals surface area contributed by atoms with Gasteiger partial charge in [0.15, 0.2) is 11.4 Å². The average molecular weight is 572 g/mol. The largest absolute Gasteiger partial charge is 0.483 e. The first-order chi connectivity index (χ1) is 19.5. The van der Waals surface area contributed by atoms with Crippen LogP contribution in [0.4, 0.5) is 13.2 Å². The second kappa shape index (κ2) is 11.0. The predicted octanol–water partition coefficient (Wildman–Crippen LogP) is 2.68. The normalized spacial score (nSPS) is 21.7. The van der Waals surface area contributed by atoms with Crippen molar-refractivity contribution in [2.24, 2.45) is 0 Å². The lowest BCUT2D eigenvalue weighted by molar-refractivity contribution is -0.0636. The van der Waals surface area contributed by atoms with Crippen LogP contribution in [0.3, 0.4) is 0 Å². The maximum atomic E-state index is 14.2. The van der Waals surface area contributed by atoms with Crippen LogP contribution in [0.5, 0.6) is 5.75 Å². The summed E-state index contributed by atoms with van der Waals surface area (Å²) < 4.78 is 48.8. The van der Waals surface area contributed by atoms with Crippen molar-refractivity contribution in [3.63, 3.8) is 0 Å². The minimum atomic E-state index is -1.70. The van der Waals surface area contributed by atoms with E-state index in [1.807, 2.05) is 0 Å².